The van der Waals surface area contributed by atoms with Crippen LogP contribution in [-0.4, -0.2) is 42.6 Å². The van der Waals surface area contributed by atoms with Crippen molar-refractivity contribution >= 4 is 28.0 Å². The van der Waals surface area contributed by atoms with Gasteiger partial charge in [0.15, 0.2) is 23.0 Å². The number of aromatic nitrogens is 2. The molecule has 3 aromatic carbocycles. The van der Waals surface area contributed by atoms with Gasteiger partial charge in [-0.25, -0.2) is 4.79 Å². The second kappa shape index (κ2) is 10.8. The maximum absolute atomic E-state index is 13.8. The maximum atomic E-state index is 13.8. The molecule has 2 aromatic heterocycles. The Morgan fingerprint density at radius 3 is 2.51 bits per heavy atom. The van der Waals surface area contributed by atoms with E-state index in [4.69, 9.17) is 23.4 Å². The fourth-order valence-corrected chi connectivity index (χ4v) is 4.99. The Kier molecular flexibility index (Phi) is 6.84. The molecule has 3 heterocycles. The van der Waals surface area contributed by atoms with Gasteiger partial charge in [0.2, 0.25) is 18.3 Å². The van der Waals surface area contributed by atoms with E-state index in [2.05, 4.69) is 5.32 Å². The van der Waals surface area contributed by atoms with Crippen molar-refractivity contribution in [1.82, 2.24) is 14.5 Å². The molecule has 0 spiro atoms. The molecule has 1 aliphatic rings. The van der Waals surface area contributed by atoms with Gasteiger partial charge in [-0.2, -0.15) is 0 Å². The van der Waals surface area contributed by atoms with Gasteiger partial charge in [-0.05, 0) is 53.9 Å². The van der Waals surface area contributed by atoms with Gasteiger partial charge >= 0.3 is 5.69 Å². The van der Waals surface area contributed by atoms with Gasteiger partial charge in [-0.3, -0.25) is 18.7 Å². The number of rotatable bonds is 9. The standard InChI is InChI=1S/C30H27N3O8/c1-37-22-9-7-18(13-24(22)38-2)11-12-31-26(34)16-32-27-20-5-3-4-6-21(20)41-28(27)29(35)33(30(32)36)15-19-8-10-23-25(14-19)40-17-39-23/h3-10,13-14H,11-12,15-17H2,1-2H3,(H,31,34). The molecule has 1 aliphatic heterocycles. The fourth-order valence-electron chi connectivity index (χ4n) is 4.99. The topological polar surface area (TPSA) is 123 Å². The van der Waals surface area contributed by atoms with Gasteiger partial charge < -0.3 is 28.7 Å². The number of para-hydroxylation sites is 1. The molecule has 0 atom stereocenters. The molecule has 0 unspecified atom stereocenters. The number of carbonyl (C=O) groups excluding carboxylic acids is 1. The summed E-state index contributed by atoms with van der Waals surface area (Å²) in [6.07, 6.45) is 0.536. The first-order valence-corrected chi connectivity index (χ1v) is 13.0. The summed E-state index contributed by atoms with van der Waals surface area (Å²) in [6.45, 7) is 0.0984. The molecule has 5 aromatic rings. The van der Waals surface area contributed by atoms with E-state index in [0.717, 1.165) is 10.1 Å². The molecule has 41 heavy (non-hydrogen) atoms. The van der Waals surface area contributed by atoms with E-state index in [1.807, 2.05) is 12.1 Å². The highest BCUT2D eigenvalue weighted by atomic mass is 16.7. The summed E-state index contributed by atoms with van der Waals surface area (Å²) in [6, 6.07) is 17.8. The molecule has 11 nitrogen and oxygen atoms in total. The molecule has 0 aliphatic carbocycles. The monoisotopic (exact) mass is 557 g/mol. The Morgan fingerprint density at radius 2 is 1.68 bits per heavy atom. The van der Waals surface area contributed by atoms with Crippen molar-refractivity contribution in [2.45, 2.75) is 19.5 Å². The zero-order chi connectivity index (χ0) is 28.5. The summed E-state index contributed by atoms with van der Waals surface area (Å²) in [5, 5.41) is 3.44. The quantitative estimate of drug-likeness (QED) is 0.293. The lowest BCUT2D eigenvalue weighted by Gasteiger charge is -2.13. The Balaban J connectivity index is 1.30. The zero-order valence-electron chi connectivity index (χ0n) is 22.5. The molecular weight excluding hydrogens is 530 g/mol. The van der Waals surface area contributed by atoms with Crippen molar-refractivity contribution in [3.05, 3.63) is 92.6 Å². The number of hydrogen-bond donors (Lipinski definition) is 1. The van der Waals surface area contributed by atoms with Crippen LogP contribution in [-0.2, 0) is 24.3 Å². The summed E-state index contributed by atoms with van der Waals surface area (Å²) >= 11 is 0. The minimum Gasteiger partial charge on any atom is -0.493 e. The predicted molar refractivity (Wildman–Crippen MR) is 150 cm³/mol. The van der Waals surface area contributed by atoms with Crippen LogP contribution in [0.4, 0.5) is 0 Å². The highest BCUT2D eigenvalue weighted by Gasteiger charge is 2.22. The number of carbonyl (C=O) groups is 1. The van der Waals surface area contributed by atoms with Crippen LogP contribution in [0.25, 0.3) is 22.1 Å². The van der Waals surface area contributed by atoms with Gasteiger partial charge in [-0.15, -0.1) is 0 Å². The van der Waals surface area contributed by atoms with Crippen molar-refractivity contribution in [2.24, 2.45) is 0 Å². The van der Waals surface area contributed by atoms with E-state index in [0.29, 0.717) is 52.5 Å². The van der Waals surface area contributed by atoms with Crippen LogP contribution in [0.2, 0.25) is 0 Å². The highest BCUT2D eigenvalue weighted by molar-refractivity contribution is 6.02. The van der Waals surface area contributed by atoms with Gasteiger partial charge in [0, 0.05) is 11.9 Å². The number of benzene rings is 3. The first kappa shape index (κ1) is 26.1. The van der Waals surface area contributed by atoms with Gasteiger partial charge in [0.1, 0.15) is 17.6 Å². The van der Waals surface area contributed by atoms with Crippen molar-refractivity contribution in [3.63, 3.8) is 0 Å². The number of hydrogen-bond acceptors (Lipinski definition) is 8. The summed E-state index contributed by atoms with van der Waals surface area (Å²) in [7, 11) is 3.13. The Morgan fingerprint density at radius 1 is 0.902 bits per heavy atom. The van der Waals surface area contributed by atoms with Crippen molar-refractivity contribution < 1.29 is 28.2 Å². The summed E-state index contributed by atoms with van der Waals surface area (Å²) in [5.74, 6) is 1.96. The summed E-state index contributed by atoms with van der Waals surface area (Å²) in [4.78, 5) is 40.4. The molecule has 1 N–H and O–H groups in total. The van der Waals surface area contributed by atoms with Crippen LogP contribution in [0.15, 0.2) is 74.7 Å². The molecule has 11 heteroatoms. The molecule has 0 bridgehead atoms. The number of methoxy groups -OCH3 is 2. The molecule has 210 valence electrons. The molecule has 1 amide bonds. The third kappa shape index (κ3) is 4.86. The first-order chi connectivity index (χ1) is 20.0. The van der Waals surface area contributed by atoms with E-state index >= 15 is 0 Å². The van der Waals surface area contributed by atoms with Crippen LogP contribution in [0, 0.1) is 0 Å². The third-order valence-corrected chi connectivity index (χ3v) is 7.00. The van der Waals surface area contributed by atoms with Crippen molar-refractivity contribution in [1.29, 1.82) is 0 Å². The van der Waals surface area contributed by atoms with E-state index in [9.17, 15) is 14.4 Å². The van der Waals surface area contributed by atoms with E-state index in [1.165, 1.54) is 4.57 Å². The summed E-state index contributed by atoms with van der Waals surface area (Å²) in [5.41, 5.74) is 1.14. The predicted octanol–water partition coefficient (Wildman–Crippen LogP) is 3.06. The van der Waals surface area contributed by atoms with Crippen molar-refractivity contribution in [2.75, 3.05) is 27.6 Å². The fraction of sp³-hybridized carbons (Fsp3) is 0.233. The zero-order valence-corrected chi connectivity index (χ0v) is 22.5. The number of furan rings is 1. The van der Waals surface area contributed by atoms with Crippen LogP contribution in [0.1, 0.15) is 11.1 Å². The normalized spacial score (nSPS) is 12.1. The van der Waals surface area contributed by atoms with E-state index in [-0.39, 0.29) is 36.9 Å². The van der Waals surface area contributed by atoms with Crippen molar-refractivity contribution in [3.8, 4) is 23.0 Å². The van der Waals surface area contributed by atoms with Crippen LogP contribution < -0.4 is 35.5 Å². The minimum absolute atomic E-state index is 0.00433. The van der Waals surface area contributed by atoms with E-state index in [1.54, 1.807) is 62.8 Å². The highest BCUT2D eigenvalue weighted by Crippen LogP contribution is 2.33. The number of nitrogens with zero attached hydrogens (tertiary/aromatic N) is 2. The number of nitrogens with one attached hydrogen (secondary N) is 1. The molecule has 0 saturated carbocycles. The largest absolute Gasteiger partial charge is 0.493 e. The maximum Gasteiger partial charge on any atom is 0.332 e. The van der Waals surface area contributed by atoms with E-state index < -0.39 is 11.2 Å². The lowest BCUT2D eigenvalue weighted by Crippen LogP contribution is -2.42. The molecule has 6 rings (SSSR count). The van der Waals surface area contributed by atoms with Gasteiger partial charge in [0.25, 0.3) is 5.56 Å². The molecular formula is C30H27N3O8. The van der Waals surface area contributed by atoms with Gasteiger partial charge in [0.05, 0.1) is 20.8 Å². The molecule has 0 saturated heterocycles. The van der Waals surface area contributed by atoms with Crippen LogP contribution in [0.5, 0.6) is 23.0 Å². The number of fused-ring (bicyclic) bond motifs is 4. The Labute approximate surface area is 233 Å². The average Bonchev–Trinajstić information content (AvgIpc) is 3.62. The second-order valence-electron chi connectivity index (χ2n) is 9.51. The third-order valence-electron chi connectivity index (χ3n) is 7.00. The molecule has 0 fully saturated rings. The SMILES string of the molecule is COc1ccc(CCNC(=O)Cn2c(=O)n(Cc3ccc4c(c3)OCO4)c(=O)c3oc4ccccc4c32)cc1OC. The number of amides is 1. The van der Waals surface area contributed by atoms with Gasteiger partial charge in [-0.1, -0.05) is 24.3 Å². The van der Waals surface area contributed by atoms with Crippen LogP contribution >= 0.6 is 0 Å². The Bertz CT molecular complexity index is 1900. The average molecular weight is 558 g/mol. The summed E-state index contributed by atoms with van der Waals surface area (Å²) < 4.78 is 29.7. The Hall–Kier alpha value is -5.19. The number of ether oxygens (including phenoxy) is 4. The smallest absolute Gasteiger partial charge is 0.332 e. The first-order valence-electron chi connectivity index (χ1n) is 13.0. The second-order valence-corrected chi connectivity index (χ2v) is 9.51. The van der Waals surface area contributed by atoms with Crippen LogP contribution in [0.3, 0.4) is 0 Å². The lowest BCUT2D eigenvalue weighted by atomic mass is 10.1. The minimum atomic E-state index is -0.623. The molecule has 0 radical (unpaired) electrons. The lowest BCUT2D eigenvalue weighted by molar-refractivity contribution is -0.121.